The van der Waals surface area contributed by atoms with E-state index in [0.717, 1.165) is 35.1 Å². The molecule has 0 heterocycles. The number of carboxylic acid groups (broad SMARTS) is 1. The maximum absolute atomic E-state index is 12.7. The minimum Gasteiger partial charge on any atom is -0.479 e. The molecule has 1 fully saturated rings. The van der Waals surface area contributed by atoms with Gasteiger partial charge in [-0.25, -0.2) is 9.59 Å². The summed E-state index contributed by atoms with van der Waals surface area (Å²) in [5, 5.41) is 23.7. The smallest absolute Gasteiger partial charge is 0.407 e. The first-order valence-corrected chi connectivity index (χ1v) is 11.8. The molecule has 0 aromatic heterocycles. The second-order valence-corrected chi connectivity index (χ2v) is 8.90. The van der Waals surface area contributed by atoms with Crippen molar-refractivity contribution in [1.82, 2.24) is 10.6 Å². The van der Waals surface area contributed by atoms with Gasteiger partial charge in [0, 0.05) is 24.9 Å². The van der Waals surface area contributed by atoms with E-state index < -0.39 is 24.1 Å². The molecule has 8 heteroatoms. The number of fused-ring (bicyclic) bond motifs is 3. The van der Waals surface area contributed by atoms with Crippen molar-refractivity contribution in [2.75, 3.05) is 13.2 Å². The number of alkyl carbamates (subject to hydrolysis) is 1. The fourth-order valence-electron chi connectivity index (χ4n) is 5.00. The van der Waals surface area contributed by atoms with Crippen LogP contribution in [0, 0.1) is 5.92 Å². The van der Waals surface area contributed by atoms with Gasteiger partial charge in [0.05, 0.1) is 5.92 Å². The third-order valence-corrected chi connectivity index (χ3v) is 6.75. The molecule has 3 atom stereocenters. The maximum Gasteiger partial charge on any atom is 0.407 e. The van der Waals surface area contributed by atoms with Gasteiger partial charge in [-0.05, 0) is 35.1 Å². The van der Waals surface area contributed by atoms with Crippen LogP contribution in [0.1, 0.15) is 49.1 Å². The zero-order chi connectivity index (χ0) is 24.1. The van der Waals surface area contributed by atoms with E-state index in [1.807, 2.05) is 24.3 Å². The number of rotatable bonds is 8. The fourth-order valence-corrected chi connectivity index (χ4v) is 5.00. The largest absolute Gasteiger partial charge is 0.479 e. The second kappa shape index (κ2) is 10.7. The minimum atomic E-state index is -1.51. The third kappa shape index (κ3) is 5.22. The highest BCUT2D eigenvalue weighted by atomic mass is 16.5. The lowest BCUT2D eigenvalue weighted by Gasteiger charge is -2.31. The minimum absolute atomic E-state index is 0.0377. The van der Waals surface area contributed by atoms with Crippen LogP contribution < -0.4 is 10.6 Å². The maximum atomic E-state index is 12.7. The predicted octanol–water partition coefficient (Wildman–Crippen LogP) is 3.04. The molecule has 2 aromatic rings. The molecule has 34 heavy (non-hydrogen) atoms. The Bertz CT molecular complexity index is 1010. The van der Waals surface area contributed by atoms with Gasteiger partial charge < -0.3 is 25.6 Å². The lowest BCUT2D eigenvalue weighted by Crippen LogP contribution is -2.49. The van der Waals surface area contributed by atoms with Crippen molar-refractivity contribution in [3.05, 3.63) is 59.7 Å². The summed E-state index contributed by atoms with van der Waals surface area (Å²) >= 11 is 0. The number of carboxylic acids is 1. The van der Waals surface area contributed by atoms with Gasteiger partial charge >= 0.3 is 12.1 Å². The highest BCUT2D eigenvalue weighted by Gasteiger charge is 2.33. The molecule has 4 rings (SSSR count). The Hall–Kier alpha value is -3.39. The van der Waals surface area contributed by atoms with E-state index in [0.29, 0.717) is 12.8 Å². The molecule has 8 nitrogen and oxygen atoms in total. The summed E-state index contributed by atoms with van der Waals surface area (Å²) in [4.78, 5) is 36.0. The molecule has 0 bridgehead atoms. The molecule has 0 radical (unpaired) electrons. The Morgan fingerprint density at radius 3 is 2.24 bits per heavy atom. The van der Waals surface area contributed by atoms with Crippen LogP contribution in [0.4, 0.5) is 4.79 Å². The SMILES string of the molecule is O=C(N[C@@H]1CCCC[C@@H]1C(=O)NCCC(O)C(=O)O)OCC1c2ccccc2-c2ccccc21. The molecule has 180 valence electrons. The summed E-state index contributed by atoms with van der Waals surface area (Å²) in [6, 6.07) is 15.9. The van der Waals surface area contributed by atoms with Gasteiger partial charge in [0.2, 0.25) is 5.91 Å². The van der Waals surface area contributed by atoms with Gasteiger partial charge in [-0.2, -0.15) is 0 Å². The molecule has 1 unspecified atom stereocenters. The summed E-state index contributed by atoms with van der Waals surface area (Å²) in [7, 11) is 0. The molecule has 0 aliphatic heterocycles. The van der Waals surface area contributed by atoms with Crippen molar-refractivity contribution in [3.63, 3.8) is 0 Å². The standard InChI is InChI=1S/C26H30N2O6/c29-23(25(31)32)13-14-27-24(30)20-11-5-6-12-22(20)28-26(33)34-15-21-18-9-3-1-7-16(18)17-8-2-4-10-19(17)21/h1-4,7-10,20-23,29H,5-6,11-15H2,(H,27,30)(H,28,33)(H,31,32)/t20-,22+,23?/m0/s1. The Kier molecular flexibility index (Phi) is 7.47. The van der Waals surface area contributed by atoms with Crippen molar-refractivity contribution < 1.29 is 29.3 Å². The number of carbonyl (C=O) groups excluding carboxylic acids is 2. The molecule has 0 saturated heterocycles. The van der Waals surface area contributed by atoms with Crippen molar-refractivity contribution in [3.8, 4) is 11.1 Å². The molecule has 0 spiro atoms. The van der Waals surface area contributed by atoms with Crippen LogP contribution in [0.15, 0.2) is 48.5 Å². The molecule has 4 N–H and O–H groups in total. The summed E-state index contributed by atoms with van der Waals surface area (Å²) in [6.45, 7) is 0.261. The highest BCUT2D eigenvalue weighted by Crippen LogP contribution is 2.44. The van der Waals surface area contributed by atoms with Gasteiger partial charge in [0.1, 0.15) is 6.61 Å². The molecule has 2 aromatic carbocycles. The highest BCUT2D eigenvalue weighted by molar-refractivity contribution is 5.81. The Morgan fingerprint density at radius 2 is 1.59 bits per heavy atom. The normalized spacial score (nSPS) is 20.0. The van der Waals surface area contributed by atoms with E-state index in [9.17, 15) is 19.5 Å². The number of ether oxygens (including phenoxy) is 1. The first-order chi connectivity index (χ1) is 16.5. The van der Waals surface area contributed by atoms with Crippen LogP contribution in [0.2, 0.25) is 0 Å². The van der Waals surface area contributed by atoms with Crippen molar-refractivity contribution in [2.24, 2.45) is 5.92 Å². The number of hydrogen-bond donors (Lipinski definition) is 4. The molecule has 2 aliphatic rings. The molecular formula is C26H30N2O6. The monoisotopic (exact) mass is 466 g/mol. The van der Waals surface area contributed by atoms with E-state index in [1.165, 1.54) is 0 Å². The van der Waals surface area contributed by atoms with Gasteiger partial charge in [-0.3, -0.25) is 4.79 Å². The topological polar surface area (TPSA) is 125 Å². The summed E-state index contributed by atoms with van der Waals surface area (Å²) < 4.78 is 5.63. The summed E-state index contributed by atoms with van der Waals surface area (Å²) in [5.74, 6) is -2.02. The quantitative estimate of drug-likeness (QED) is 0.474. The lowest BCUT2D eigenvalue weighted by atomic mass is 9.84. The first kappa shape index (κ1) is 23.8. The Morgan fingerprint density at radius 1 is 0.971 bits per heavy atom. The zero-order valence-electron chi connectivity index (χ0n) is 18.9. The molecule has 2 aliphatic carbocycles. The van der Waals surface area contributed by atoms with E-state index in [-0.39, 0.29) is 37.4 Å². The van der Waals surface area contributed by atoms with Gasteiger partial charge in [0.25, 0.3) is 0 Å². The number of aliphatic carboxylic acids is 1. The summed E-state index contributed by atoms with van der Waals surface area (Å²) in [5.41, 5.74) is 4.58. The predicted molar refractivity (Wildman–Crippen MR) is 125 cm³/mol. The summed E-state index contributed by atoms with van der Waals surface area (Å²) in [6.07, 6.45) is 0.934. The van der Waals surface area contributed by atoms with Crippen LogP contribution in [-0.4, -0.2) is 53.5 Å². The number of nitrogens with one attached hydrogen (secondary N) is 2. The van der Waals surface area contributed by atoms with Crippen LogP contribution in [0.3, 0.4) is 0 Å². The van der Waals surface area contributed by atoms with Gasteiger partial charge in [-0.15, -0.1) is 0 Å². The number of benzene rings is 2. The van der Waals surface area contributed by atoms with Crippen molar-refractivity contribution in [1.29, 1.82) is 0 Å². The Balaban J connectivity index is 1.33. The number of amides is 2. The lowest BCUT2D eigenvalue weighted by molar-refractivity contribution is -0.147. The van der Waals surface area contributed by atoms with Crippen molar-refractivity contribution in [2.45, 2.75) is 50.2 Å². The molecule has 1 saturated carbocycles. The van der Waals surface area contributed by atoms with E-state index >= 15 is 0 Å². The van der Waals surface area contributed by atoms with E-state index in [4.69, 9.17) is 9.84 Å². The second-order valence-electron chi connectivity index (χ2n) is 8.90. The average molecular weight is 467 g/mol. The average Bonchev–Trinajstić information content (AvgIpc) is 3.16. The van der Waals surface area contributed by atoms with Gasteiger partial charge in [-0.1, -0.05) is 61.4 Å². The van der Waals surface area contributed by atoms with Crippen LogP contribution in [0.5, 0.6) is 0 Å². The van der Waals surface area contributed by atoms with Crippen LogP contribution in [-0.2, 0) is 14.3 Å². The fraction of sp³-hybridized carbons (Fsp3) is 0.423. The van der Waals surface area contributed by atoms with E-state index in [1.54, 1.807) is 0 Å². The Labute approximate surface area is 198 Å². The number of aliphatic hydroxyl groups excluding tert-OH is 1. The zero-order valence-corrected chi connectivity index (χ0v) is 18.9. The van der Waals surface area contributed by atoms with Gasteiger partial charge in [0.15, 0.2) is 6.10 Å². The van der Waals surface area contributed by atoms with Crippen molar-refractivity contribution >= 4 is 18.0 Å². The number of carbonyl (C=O) groups is 3. The third-order valence-electron chi connectivity index (χ3n) is 6.75. The molecule has 2 amide bonds. The van der Waals surface area contributed by atoms with E-state index in [2.05, 4.69) is 34.9 Å². The van der Waals surface area contributed by atoms with Crippen LogP contribution in [0.25, 0.3) is 11.1 Å². The number of aliphatic hydroxyl groups is 1. The number of hydrogen-bond acceptors (Lipinski definition) is 5. The first-order valence-electron chi connectivity index (χ1n) is 11.8. The van der Waals surface area contributed by atoms with Crippen LogP contribution >= 0.6 is 0 Å². The molecular weight excluding hydrogens is 436 g/mol.